The van der Waals surface area contributed by atoms with Crippen molar-refractivity contribution in [1.82, 2.24) is 14.2 Å². The Bertz CT molecular complexity index is 2410. The van der Waals surface area contributed by atoms with E-state index in [9.17, 15) is 9.59 Å². The summed E-state index contributed by atoms with van der Waals surface area (Å²) in [5.74, 6) is 1.43. The van der Waals surface area contributed by atoms with Gasteiger partial charge in [0.1, 0.15) is 37.5 Å². The first-order chi connectivity index (χ1) is 30.3. The van der Waals surface area contributed by atoms with E-state index in [2.05, 4.69) is 89.0 Å². The van der Waals surface area contributed by atoms with Crippen molar-refractivity contribution in [2.75, 3.05) is 27.4 Å². The van der Waals surface area contributed by atoms with Crippen molar-refractivity contribution in [3.8, 4) is 11.5 Å². The number of methoxy groups -OCH3 is 2. The number of H-pyrrole nitrogens is 1. The van der Waals surface area contributed by atoms with Crippen molar-refractivity contribution in [3.63, 3.8) is 0 Å². The molecule has 11 nitrogen and oxygen atoms in total. The SMILES string of the molecule is COc1ccc(C(OC[C@H]2O[C@@H](n3c(=O)cc[nH]c3=O)C[C@@H]2O[P@]2O[C@H](C[Si](C)(c3ccccc3)c3ccccc3)[C@@H]3CCCN32)(c2ccccc2)c2ccc(OC)cc2)cc1. The Kier molecular flexibility index (Phi) is 12.4. The Morgan fingerprint density at radius 1 is 0.742 bits per heavy atom. The topological polar surface area (TPSA) is 113 Å². The van der Waals surface area contributed by atoms with E-state index in [1.54, 1.807) is 14.2 Å². The molecule has 13 heteroatoms. The van der Waals surface area contributed by atoms with Crippen molar-refractivity contribution >= 4 is 27.0 Å². The molecule has 3 fully saturated rings. The van der Waals surface area contributed by atoms with Gasteiger partial charge in [0.15, 0.2) is 0 Å². The first-order valence-corrected chi connectivity index (χ1v) is 25.1. The van der Waals surface area contributed by atoms with Crippen LogP contribution in [0.4, 0.5) is 0 Å². The Morgan fingerprint density at radius 3 is 1.87 bits per heavy atom. The number of rotatable bonds is 15. The summed E-state index contributed by atoms with van der Waals surface area (Å²) in [4.78, 5) is 29.2. The minimum absolute atomic E-state index is 0.0380. The number of nitrogens with one attached hydrogen (secondary N) is 1. The van der Waals surface area contributed by atoms with Gasteiger partial charge >= 0.3 is 5.69 Å². The zero-order chi connectivity index (χ0) is 42.7. The molecule has 5 aromatic carbocycles. The maximum Gasteiger partial charge on any atom is 0.330 e. The van der Waals surface area contributed by atoms with Crippen LogP contribution in [0.1, 0.15) is 42.2 Å². The molecule has 3 aliphatic heterocycles. The highest BCUT2D eigenvalue weighted by atomic mass is 31.2. The molecule has 0 bridgehead atoms. The molecule has 9 rings (SSSR count). The molecule has 0 aliphatic carbocycles. The monoisotopic (exact) mass is 869 g/mol. The highest BCUT2D eigenvalue weighted by Crippen LogP contribution is 2.59. The summed E-state index contributed by atoms with van der Waals surface area (Å²) in [6.45, 7) is 3.37. The zero-order valence-corrected chi connectivity index (χ0v) is 37.1. The van der Waals surface area contributed by atoms with Gasteiger partial charge in [0.25, 0.3) is 14.1 Å². The normalized spacial score (nSPS) is 22.7. The maximum atomic E-state index is 13.3. The van der Waals surface area contributed by atoms with Gasteiger partial charge in [0, 0.05) is 31.3 Å². The third kappa shape index (κ3) is 8.12. The lowest BCUT2D eigenvalue weighted by atomic mass is 9.80. The molecular formula is C49H52N3O8PSi. The summed E-state index contributed by atoms with van der Waals surface area (Å²) in [5, 5.41) is 2.74. The Labute approximate surface area is 364 Å². The van der Waals surface area contributed by atoms with Crippen LogP contribution in [0.3, 0.4) is 0 Å². The largest absolute Gasteiger partial charge is 0.497 e. The number of hydrogen-bond donors (Lipinski definition) is 1. The van der Waals surface area contributed by atoms with E-state index in [4.69, 9.17) is 28.0 Å². The minimum Gasteiger partial charge on any atom is -0.497 e. The number of fused-ring (bicyclic) bond motifs is 1. The van der Waals surface area contributed by atoms with Gasteiger partial charge in [-0.1, -0.05) is 132 Å². The summed E-state index contributed by atoms with van der Waals surface area (Å²) in [6.07, 6.45) is 1.48. The van der Waals surface area contributed by atoms with Gasteiger partial charge in [-0.05, 0) is 59.8 Å². The number of aromatic amines is 1. The third-order valence-corrected chi connectivity index (χ3v) is 19.0. The summed E-state index contributed by atoms with van der Waals surface area (Å²) < 4.78 is 43.0. The van der Waals surface area contributed by atoms with Gasteiger partial charge in [0.2, 0.25) is 0 Å². The molecule has 62 heavy (non-hydrogen) atoms. The Hall–Kier alpha value is -5.17. The van der Waals surface area contributed by atoms with E-state index in [-0.39, 0.29) is 25.2 Å². The van der Waals surface area contributed by atoms with Crippen molar-refractivity contribution in [2.24, 2.45) is 0 Å². The van der Waals surface area contributed by atoms with Gasteiger partial charge in [-0.2, -0.15) is 0 Å². The Morgan fingerprint density at radius 2 is 1.31 bits per heavy atom. The van der Waals surface area contributed by atoms with Gasteiger partial charge in [-0.15, -0.1) is 0 Å². The molecule has 3 aliphatic rings. The zero-order valence-electron chi connectivity index (χ0n) is 35.2. The summed E-state index contributed by atoms with van der Waals surface area (Å²) in [5.41, 5.74) is 0.500. The molecule has 4 heterocycles. The Balaban J connectivity index is 1.06. The first-order valence-electron chi connectivity index (χ1n) is 21.3. The fourth-order valence-electron chi connectivity index (χ4n) is 9.50. The number of aromatic nitrogens is 2. The maximum absolute atomic E-state index is 13.3. The average Bonchev–Trinajstić information content (AvgIpc) is 4.05. The molecule has 1 aromatic heterocycles. The quantitative estimate of drug-likeness (QED) is 0.0650. The standard InChI is InChI=1S/C49H52N3O8PSi/c1-55-38-25-21-36(22-26-38)49(35-14-7-4-8-15-35,37-23-27-39(56-2)28-24-37)57-33-44-43(32-47(58-44)52-46(53)29-30-50-48(52)54)59-61-51-31-13-20-42(51)45(60-61)34-62(3,40-16-9-5-10-17-40)41-18-11-6-12-19-41/h4-12,14-19,21-30,42-45,47H,13,20,31-34H2,1-3H3,(H,50,54)/t42-,43-,44+,45+,47+,61+/m0/s1. The molecule has 0 saturated carbocycles. The van der Waals surface area contributed by atoms with Crippen LogP contribution in [-0.2, 0) is 24.1 Å². The van der Waals surface area contributed by atoms with Crippen molar-refractivity contribution in [3.05, 3.63) is 189 Å². The molecule has 6 atom stereocenters. The van der Waals surface area contributed by atoms with E-state index >= 15 is 0 Å². The molecule has 3 saturated heterocycles. The predicted molar refractivity (Wildman–Crippen MR) is 243 cm³/mol. The second-order valence-electron chi connectivity index (χ2n) is 16.3. The lowest BCUT2D eigenvalue weighted by Gasteiger charge is -2.37. The number of hydrogen-bond acceptors (Lipinski definition) is 9. The highest BCUT2D eigenvalue weighted by molar-refractivity contribution is 7.45. The summed E-state index contributed by atoms with van der Waals surface area (Å²) in [7, 11) is -0.488. The summed E-state index contributed by atoms with van der Waals surface area (Å²) >= 11 is 0. The van der Waals surface area contributed by atoms with E-state index in [1.165, 1.54) is 22.6 Å². The third-order valence-electron chi connectivity index (χ3n) is 12.8. The first kappa shape index (κ1) is 42.1. The van der Waals surface area contributed by atoms with E-state index in [1.807, 2.05) is 66.7 Å². The van der Waals surface area contributed by atoms with Crippen molar-refractivity contribution < 1.29 is 28.0 Å². The fourth-order valence-corrected chi connectivity index (χ4v) is 15.5. The average molecular weight is 870 g/mol. The van der Waals surface area contributed by atoms with E-state index < -0.39 is 51.9 Å². The van der Waals surface area contributed by atoms with Gasteiger partial charge in [-0.25, -0.2) is 14.0 Å². The molecular weight excluding hydrogens is 818 g/mol. The van der Waals surface area contributed by atoms with Crippen LogP contribution in [0.25, 0.3) is 0 Å². The molecule has 0 amide bonds. The van der Waals surface area contributed by atoms with Crippen LogP contribution in [0.2, 0.25) is 12.6 Å². The second-order valence-corrected chi connectivity index (χ2v) is 22.0. The van der Waals surface area contributed by atoms with Crippen molar-refractivity contribution in [2.45, 2.75) is 68.0 Å². The van der Waals surface area contributed by atoms with Crippen LogP contribution < -0.4 is 31.1 Å². The second kappa shape index (κ2) is 18.3. The molecule has 0 unspecified atom stereocenters. The van der Waals surface area contributed by atoms with Crippen LogP contribution in [-0.4, -0.2) is 74.0 Å². The minimum atomic E-state index is -2.26. The van der Waals surface area contributed by atoms with Crippen LogP contribution in [0.5, 0.6) is 11.5 Å². The van der Waals surface area contributed by atoms with Gasteiger partial charge in [-0.3, -0.25) is 4.79 Å². The molecule has 0 radical (unpaired) electrons. The smallest absolute Gasteiger partial charge is 0.330 e. The fraction of sp³-hybridized carbons (Fsp3) is 0.306. The molecule has 0 spiro atoms. The van der Waals surface area contributed by atoms with Crippen LogP contribution in [0, 0.1) is 0 Å². The lowest BCUT2D eigenvalue weighted by Crippen LogP contribution is -2.58. The summed E-state index contributed by atoms with van der Waals surface area (Å²) in [6, 6.07) is 50.0. The molecule has 1 N–H and O–H groups in total. The van der Waals surface area contributed by atoms with Gasteiger partial charge in [0.05, 0.1) is 33.0 Å². The number of nitrogens with zero attached hydrogens (tertiary/aromatic N) is 2. The highest BCUT2D eigenvalue weighted by Gasteiger charge is 2.52. The lowest BCUT2D eigenvalue weighted by molar-refractivity contribution is -0.0925. The van der Waals surface area contributed by atoms with Gasteiger partial charge < -0.3 is 33.0 Å². The van der Waals surface area contributed by atoms with E-state index in [0.717, 1.165) is 46.7 Å². The van der Waals surface area contributed by atoms with Crippen molar-refractivity contribution in [1.29, 1.82) is 0 Å². The van der Waals surface area contributed by atoms with E-state index in [0.29, 0.717) is 11.5 Å². The predicted octanol–water partition coefficient (Wildman–Crippen LogP) is 7.22. The van der Waals surface area contributed by atoms with Crippen LogP contribution in [0.15, 0.2) is 161 Å². The number of benzene rings is 5. The van der Waals surface area contributed by atoms with Crippen LogP contribution >= 0.6 is 8.53 Å². The molecule has 320 valence electrons. The number of ether oxygens (including phenoxy) is 4. The molecule has 6 aromatic rings.